The van der Waals surface area contributed by atoms with Gasteiger partial charge in [-0.2, -0.15) is 12.1 Å². The van der Waals surface area contributed by atoms with Crippen molar-refractivity contribution in [2.45, 2.75) is 94.2 Å². The number of fused-ring (bicyclic) bond motifs is 2. The Balaban J connectivity index is 0.000000262. The Labute approximate surface area is 378 Å². The SMILES string of the molecule is CC[N+](CC)(CC)c1ccc(-c2cccc3[cH-]c(C(C)C)cc23)cc1.CC[N+](CC)(CC)c1ccc(-c2cccc3[cH-]c(C(C)C)cc23)cc1.C[Si]C.[Cl][Zr]([Cl])([Br])[Br]. The van der Waals surface area contributed by atoms with Crippen molar-refractivity contribution in [3.63, 3.8) is 0 Å². The molecule has 0 aliphatic rings. The van der Waals surface area contributed by atoms with Gasteiger partial charge in [0.2, 0.25) is 0 Å². The minimum absolute atomic E-state index is 0.569. The van der Waals surface area contributed by atoms with Crippen LogP contribution in [0.25, 0.3) is 43.8 Å². The molecule has 6 aromatic carbocycles. The molecular formula is C50H68Br2Cl2N2SiZr. The fraction of sp³-hybridized carbons (Fsp3) is 0.400. The molecule has 0 saturated heterocycles. The average molecular weight is 1050 g/mol. The molecule has 0 fully saturated rings. The van der Waals surface area contributed by atoms with Crippen molar-refractivity contribution in [2.24, 2.45) is 0 Å². The van der Waals surface area contributed by atoms with Gasteiger partial charge in [0.15, 0.2) is 0 Å². The summed E-state index contributed by atoms with van der Waals surface area (Å²) in [4.78, 5) is 0. The van der Waals surface area contributed by atoms with Crippen molar-refractivity contribution in [3.8, 4) is 22.3 Å². The third-order valence-electron chi connectivity index (χ3n) is 12.0. The molecule has 2 radical (unpaired) electrons. The van der Waals surface area contributed by atoms with E-state index in [1.807, 2.05) is 0 Å². The van der Waals surface area contributed by atoms with Crippen LogP contribution in [0, 0.1) is 0 Å². The normalized spacial score (nSPS) is 11.9. The third-order valence-corrected chi connectivity index (χ3v) is 12.0. The molecule has 0 saturated carbocycles. The van der Waals surface area contributed by atoms with Crippen LogP contribution < -0.4 is 8.97 Å². The van der Waals surface area contributed by atoms with Crippen LogP contribution in [0.3, 0.4) is 0 Å². The van der Waals surface area contributed by atoms with E-state index in [4.69, 9.17) is 17.0 Å². The summed E-state index contributed by atoms with van der Waals surface area (Å²) >= 11 is 3.45. The molecule has 0 heterocycles. The van der Waals surface area contributed by atoms with Crippen LogP contribution in [0.1, 0.15) is 92.2 Å². The maximum absolute atomic E-state index is 5.34. The van der Waals surface area contributed by atoms with Crippen molar-refractivity contribution in [1.82, 2.24) is 8.97 Å². The Morgan fingerprint density at radius 3 is 1.05 bits per heavy atom. The van der Waals surface area contributed by atoms with Gasteiger partial charge in [-0.3, -0.25) is 8.97 Å². The molecule has 0 unspecified atom stereocenters. The summed E-state index contributed by atoms with van der Waals surface area (Å²) in [5.74, 6) is 1.14. The zero-order chi connectivity index (χ0) is 43.3. The summed E-state index contributed by atoms with van der Waals surface area (Å²) in [6.07, 6.45) is 0. The fourth-order valence-corrected chi connectivity index (χ4v) is 8.04. The van der Waals surface area contributed by atoms with Crippen molar-refractivity contribution in [3.05, 3.63) is 120 Å². The zero-order valence-electron chi connectivity index (χ0n) is 37.2. The number of hydrogen-bond acceptors (Lipinski definition) is 0. The van der Waals surface area contributed by atoms with E-state index in [1.54, 1.807) is 0 Å². The van der Waals surface area contributed by atoms with Gasteiger partial charge in [-0.25, -0.2) is 0 Å². The van der Waals surface area contributed by atoms with Crippen LogP contribution in [0.2, 0.25) is 13.1 Å². The Hall–Kier alpha value is -1.34. The van der Waals surface area contributed by atoms with Crippen molar-refractivity contribution < 1.29 is 13.2 Å². The van der Waals surface area contributed by atoms with E-state index in [0.29, 0.717) is 11.8 Å². The van der Waals surface area contributed by atoms with E-state index in [1.165, 1.54) is 66.3 Å². The second-order valence-electron chi connectivity index (χ2n) is 15.7. The van der Waals surface area contributed by atoms with Gasteiger partial charge in [0, 0.05) is 9.52 Å². The first kappa shape index (κ1) is 51.0. The second kappa shape index (κ2) is 23.8. The van der Waals surface area contributed by atoms with Gasteiger partial charge in [-0.05, 0) is 113 Å². The van der Waals surface area contributed by atoms with Gasteiger partial charge in [0.1, 0.15) is 11.4 Å². The topological polar surface area (TPSA) is 0 Å². The van der Waals surface area contributed by atoms with E-state index < -0.39 is 13.2 Å². The first-order valence-corrected chi connectivity index (χ1v) is 40.7. The summed E-state index contributed by atoms with van der Waals surface area (Å²) in [5.41, 5.74) is 11.0. The van der Waals surface area contributed by atoms with Crippen LogP contribution in [-0.2, 0) is 13.2 Å². The third kappa shape index (κ3) is 13.3. The van der Waals surface area contributed by atoms with Gasteiger partial charge in [0.25, 0.3) is 0 Å². The standard InChI is InChI=1S/2C24H31N.C2H6Si.2BrH.2ClH.Zr/c2*1-6-25(7-2,8-3)22-14-12-19(13-15-22)23-11-9-10-20-16-21(18(4)5)17-24(20)23;1-3-2;;;;;/h2*9-18H,6-8H2,1-5H3;1-2H3;4*1H;/q;;;;;;;+4/p-4. The Kier molecular flexibility index (Phi) is 20.9. The van der Waals surface area contributed by atoms with Gasteiger partial charge >= 0.3 is 54.6 Å². The first-order valence-electron chi connectivity index (χ1n) is 21.2. The molecule has 8 heteroatoms. The van der Waals surface area contributed by atoms with Gasteiger partial charge in [-0.1, -0.05) is 64.0 Å². The summed E-state index contributed by atoms with van der Waals surface area (Å²) < 4.78 is 2.11. The number of hydrogen-bond donors (Lipinski definition) is 0. The monoisotopic (exact) mass is 1040 g/mol. The Morgan fingerprint density at radius 1 is 0.534 bits per heavy atom. The van der Waals surface area contributed by atoms with Crippen LogP contribution in [-0.4, -0.2) is 48.8 Å². The van der Waals surface area contributed by atoms with Crippen LogP contribution in [0.4, 0.5) is 11.4 Å². The molecule has 0 bridgehead atoms. The van der Waals surface area contributed by atoms with Crippen LogP contribution in [0.15, 0.2) is 109 Å². The predicted molar refractivity (Wildman–Crippen MR) is 272 cm³/mol. The van der Waals surface area contributed by atoms with Gasteiger partial charge < -0.3 is 0 Å². The molecule has 314 valence electrons. The summed E-state index contributed by atoms with van der Waals surface area (Å²) in [7, 11) is 11.8. The molecule has 0 aliphatic heterocycles. The van der Waals surface area contributed by atoms with E-state index in [0.717, 1.165) is 57.8 Å². The van der Waals surface area contributed by atoms with E-state index in [9.17, 15) is 0 Å². The van der Waals surface area contributed by atoms with Gasteiger partial charge in [-0.15, -0.1) is 69.1 Å². The van der Waals surface area contributed by atoms with Gasteiger partial charge in [0.05, 0.1) is 39.3 Å². The average Bonchev–Trinajstić information content (AvgIpc) is 3.86. The molecular weight excluding hydrogens is 979 g/mol. The van der Waals surface area contributed by atoms with Crippen molar-refractivity contribution in [2.75, 3.05) is 39.3 Å². The minimum atomic E-state index is -2.61. The zero-order valence-corrected chi connectivity index (χ0v) is 45.3. The number of benzene rings is 4. The maximum atomic E-state index is 5.34. The van der Waals surface area contributed by atoms with E-state index >= 15 is 0 Å². The molecule has 6 aromatic rings. The summed E-state index contributed by atoms with van der Waals surface area (Å²) in [5, 5.41) is 5.46. The molecule has 58 heavy (non-hydrogen) atoms. The van der Waals surface area contributed by atoms with Crippen molar-refractivity contribution >= 4 is 83.9 Å². The van der Waals surface area contributed by atoms with E-state index in [2.05, 4.69) is 216 Å². The second-order valence-corrected chi connectivity index (χ2v) is 57.8. The number of rotatable bonds is 12. The van der Waals surface area contributed by atoms with Crippen LogP contribution >= 0.6 is 41.5 Å². The van der Waals surface area contributed by atoms with E-state index in [-0.39, 0.29) is 0 Å². The summed E-state index contributed by atoms with van der Waals surface area (Å²) in [6.45, 7) is 34.0. The molecule has 0 aliphatic carbocycles. The molecule has 0 atom stereocenters. The van der Waals surface area contributed by atoms with Crippen molar-refractivity contribution in [1.29, 1.82) is 0 Å². The molecule has 0 aromatic heterocycles. The molecule has 0 N–H and O–H groups in total. The molecule has 2 nitrogen and oxygen atoms in total. The number of quaternary nitrogens is 2. The first-order chi connectivity index (χ1) is 27.5. The Bertz CT molecular complexity index is 1940. The molecule has 0 amide bonds. The fourth-order valence-electron chi connectivity index (χ4n) is 8.04. The predicted octanol–water partition coefficient (Wildman–Crippen LogP) is 17.3. The quantitative estimate of drug-likeness (QED) is 0.0651. The number of nitrogens with zero attached hydrogens (tertiary/aromatic N) is 2. The Morgan fingerprint density at radius 2 is 0.810 bits per heavy atom. The number of halogens is 4. The summed E-state index contributed by atoms with van der Waals surface area (Å²) in [6, 6.07) is 41.3. The van der Waals surface area contributed by atoms with Crippen LogP contribution in [0.5, 0.6) is 0 Å². The molecule has 0 spiro atoms. The molecule has 6 rings (SSSR count).